The number of rotatable bonds is 8. The van der Waals surface area contributed by atoms with E-state index in [1.807, 2.05) is 55.5 Å². The second kappa shape index (κ2) is 9.11. The van der Waals surface area contributed by atoms with Gasteiger partial charge in [0, 0.05) is 0 Å². The molecule has 2 rings (SSSR count). The quantitative estimate of drug-likeness (QED) is 0.761. The van der Waals surface area contributed by atoms with Crippen molar-refractivity contribution in [2.45, 2.75) is 45.8 Å². The lowest BCUT2D eigenvalue weighted by Crippen LogP contribution is -2.40. The molecule has 0 bridgehead atoms. The van der Waals surface area contributed by atoms with E-state index >= 15 is 0 Å². The molecule has 1 amide bonds. The van der Waals surface area contributed by atoms with Crippen LogP contribution in [0.5, 0.6) is 5.75 Å². The van der Waals surface area contributed by atoms with Crippen LogP contribution >= 0.6 is 0 Å². The number of nitrogens with one attached hydrogen (secondary N) is 1. The van der Waals surface area contributed by atoms with Crippen LogP contribution in [-0.4, -0.2) is 12.0 Å². The number of ether oxygens (including phenoxy) is 1. The van der Waals surface area contributed by atoms with E-state index in [-0.39, 0.29) is 11.9 Å². The smallest absolute Gasteiger partial charge is 0.261 e. The molecule has 0 fully saturated rings. The zero-order valence-electron chi connectivity index (χ0n) is 14.7. The van der Waals surface area contributed by atoms with Crippen molar-refractivity contribution in [2.24, 2.45) is 5.92 Å². The molecule has 3 heteroatoms. The van der Waals surface area contributed by atoms with Gasteiger partial charge in [-0.2, -0.15) is 0 Å². The van der Waals surface area contributed by atoms with Crippen LogP contribution in [-0.2, 0) is 4.79 Å². The molecule has 0 radical (unpaired) electrons. The van der Waals surface area contributed by atoms with Gasteiger partial charge < -0.3 is 10.1 Å². The van der Waals surface area contributed by atoms with E-state index in [0.29, 0.717) is 12.3 Å². The minimum Gasteiger partial charge on any atom is -0.481 e. The van der Waals surface area contributed by atoms with Gasteiger partial charge in [0.15, 0.2) is 6.10 Å². The van der Waals surface area contributed by atoms with Gasteiger partial charge in [0.2, 0.25) is 0 Å². The fourth-order valence-corrected chi connectivity index (χ4v) is 2.69. The fraction of sp³-hybridized carbons (Fsp3) is 0.381. The van der Waals surface area contributed by atoms with Crippen molar-refractivity contribution in [3.05, 3.63) is 66.2 Å². The minimum atomic E-state index is -0.481. The fourth-order valence-electron chi connectivity index (χ4n) is 2.69. The maximum atomic E-state index is 12.7. The van der Waals surface area contributed by atoms with Crippen molar-refractivity contribution in [1.29, 1.82) is 0 Å². The molecular formula is C21H27NO2. The van der Waals surface area contributed by atoms with Gasteiger partial charge in [-0.25, -0.2) is 0 Å². The molecule has 0 saturated heterocycles. The Morgan fingerprint density at radius 3 is 2.12 bits per heavy atom. The molecule has 24 heavy (non-hydrogen) atoms. The molecule has 0 unspecified atom stereocenters. The maximum absolute atomic E-state index is 12.7. The van der Waals surface area contributed by atoms with Crippen molar-refractivity contribution in [3.8, 4) is 5.75 Å². The van der Waals surface area contributed by atoms with E-state index in [4.69, 9.17) is 4.74 Å². The molecule has 2 aromatic carbocycles. The van der Waals surface area contributed by atoms with Crippen LogP contribution in [0.25, 0.3) is 0 Å². The van der Waals surface area contributed by atoms with Crippen molar-refractivity contribution in [2.75, 3.05) is 0 Å². The predicted octanol–water partition coefficient (Wildman–Crippen LogP) is 4.75. The number of carbonyl (C=O) groups excluding carboxylic acids is 1. The summed E-state index contributed by atoms with van der Waals surface area (Å²) in [6, 6.07) is 19.6. The maximum Gasteiger partial charge on any atom is 0.261 e. The van der Waals surface area contributed by atoms with Gasteiger partial charge in [0.05, 0.1) is 6.04 Å². The van der Waals surface area contributed by atoms with Crippen LogP contribution in [0.4, 0.5) is 0 Å². The van der Waals surface area contributed by atoms with Gasteiger partial charge in [-0.15, -0.1) is 0 Å². The first-order valence-corrected chi connectivity index (χ1v) is 8.67. The summed E-state index contributed by atoms with van der Waals surface area (Å²) >= 11 is 0. The van der Waals surface area contributed by atoms with E-state index in [1.54, 1.807) is 0 Å². The number of amides is 1. The van der Waals surface area contributed by atoms with E-state index in [2.05, 4.69) is 31.3 Å². The molecule has 1 N–H and O–H groups in total. The Balaban J connectivity index is 2.07. The van der Waals surface area contributed by atoms with E-state index in [9.17, 15) is 4.79 Å². The molecular weight excluding hydrogens is 298 g/mol. The average Bonchev–Trinajstić information content (AvgIpc) is 2.60. The Kier molecular flexibility index (Phi) is 6.86. The van der Waals surface area contributed by atoms with Crippen LogP contribution in [0.1, 0.15) is 45.2 Å². The van der Waals surface area contributed by atoms with Crippen LogP contribution in [0.15, 0.2) is 60.7 Å². The molecule has 0 aliphatic carbocycles. The number of para-hydroxylation sites is 1. The first-order valence-electron chi connectivity index (χ1n) is 8.67. The van der Waals surface area contributed by atoms with Gasteiger partial charge in [-0.1, -0.05) is 69.3 Å². The number of hydrogen-bond donors (Lipinski definition) is 1. The van der Waals surface area contributed by atoms with E-state index < -0.39 is 6.10 Å². The van der Waals surface area contributed by atoms with Gasteiger partial charge in [0.25, 0.3) is 5.91 Å². The van der Waals surface area contributed by atoms with Gasteiger partial charge >= 0.3 is 0 Å². The molecule has 128 valence electrons. The Hall–Kier alpha value is -2.29. The summed E-state index contributed by atoms with van der Waals surface area (Å²) < 4.78 is 5.86. The third-order valence-electron chi connectivity index (χ3n) is 3.91. The largest absolute Gasteiger partial charge is 0.481 e. The van der Waals surface area contributed by atoms with Crippen molar-refractivity contribution in [3.63, 3.8) is 0 Å². The molecule has 0 spiro atoms. The lowest BCUT2D eigenvalue weighted by atomic mass is 9.96. The Bertz CT molecular complexity index is 610. The van der Waals surface area contributed by atoms with Gasteiger partial charge in [-0.3, -0.25) is 4.79 Å². The highest BCUT2D eigenvalue weighted by Crippen LogP contribution is 2.22. The molecule has 0 aromatic heterocycles. The van der Waals surface area contributed by atoms with Crippen molar-refractivity contribution < 1.29 is 9.53 Å². The number of carbonyl (C=O) groups is 1. The third-order valence-corrected chi connectivity index (χ3v) is 3.91. The molecule has 3 nitrogen and oxygen atoms in total. The van der Waals surface area contributed by atoms with E-state index in [0.717, 1.165) is 17.7 Å². The third kappa shape index (κ3) is 5.41. The lowest BCUT2D eigenvalue weighted by Gasteiger charge is -2.24. The molecule has 0 heterocycles. The van der Waals surface area contributed by atoms with Crippen LogP contribution < -0.4 is 10.1 Å². The van der Waals surface area contributed by atoms with Gasteiger partial charge in [-0.05, 0) is 36.5 Å². The van der Waals surface area contributed by atoms with Crippen LogP contribution in [0.3, 0.4) is 0 Å². The Labute approximate surface area is 145 Å². The molecule has 2 aromatic rings. The standard InChI is InChI=1S/C21H27NO2/c1-4-20(24-18-13-9-6-10-14-18)21(23)22-19(15-16(2)3)17-11-7-5-8-12-17/h5-14,16,19-20H,4,15H2,1-3H3,(H,22,23)/t19-,20+/m1/s1. The average molecular weight is 325 g/mol. The minimum absolute atomic E-state index is 0.00660. The summed E-state index contributed by atoms with van der Waals surface area (Å²) in [5, 5.41) is 3.17. The molecule has 0 aliphatic heterocycles. The topological polar surface area (TPSA) is 38.3 Å². The second-order valence-electron chi connectivity index (χ2n) is 6.43. The summed E-state index contributed by atoms with van der Waals surface area (Å²) in [4.78, 5) is 12.7. The van der Waals surface area contributed by atoms with Crippen molar-refractivity contribution >= 4 is 5.91 Å². The van der Waals surface area contributed by atoms with E-state index in [1.165, 1.54) is 0 Å². The first-order chi connectivity index (χ1) is 11.6. The molecule has 2 atom stereocenters. The second-order valence-corrected chi connectivity index (χ2v) is 6.43. The zero-order valence-corrected chi connectivity index (χ0v) is 14.7. The summed E-state index contributed by atoms with van der Waals surface area (Å²) in [6.45, 7) is 6.30. The number of benzene rings is 2. The summed E-state index contributed by atoms with van der Waals surface area (Å²) in [5.41, 5.74) is 1.13. The SMILES string of the molecule is CC[C@H](Oc1ccccc1)C(=O)N[C@H](CC(C)C)c1ccccc1. The summed E-state index contributed by atoms with van der Waals surface area (Å²) in [5.74, 6) is 1.15. The Morgan fingerprint density at radius 1 is 1.00 bits per heavy atom. The highest BCUT2D eigenvalue weighted by Gasteiger charge is 2.23. The summed E-state index contributed by atoms with van der Waals surface area (Å²) in [6.07, 6.45) is 1.05. The Morgan fingerprint density at radius 2 is 1.58 bits per heavy atom. The predicted molar refractivity (Wildman–Crippen MR) is 97.9 cm³/mol. The molecule has 0 aliphatic rings. The lowest BCUT2D eigenvalue weighted by molar-refractivity contribution is -0.129. The van der Waals surface area contributed by atoms with Crippen LogP contribution in [0.2, 0.25) is 0 Å². The normalized spacial score (nSPS) is 13.3. The highest BCUT2D eigenvalue weighted by atomic mass is 16.5. The monoisotopic (exact) mass is 325 g/mol. The van der Waals surface area contributed by atoms with Crippen molar-refractivity contribution in [1.82, 2.24) is 5.32 Å². The molecule has 0 saturated carbocycles. The van der Waals surface area contributed by atoms with Crippen LogP contribution in [0, 0.1) is 5.92 Å². The number of hydrogen-bond acceptors (Lipinski definition) is 2. The zero-order chi connectivity index (χ0) is 17.4. The highest BCUT2D eigenvalue weighted by molar-refractivity contribution is 5.81. The summed E-state index contributed by atoms with van der Waals surface area (Å²) in [7, 11) is 0. The van der Waals surface area contributed by atoms with Gasteiger partial charge in [0.1, 0.15) is 5.75 Å². The first kappa shape index (κ1) is 18.1.